The highest BCUT2D eigenvalue weighted by molar-refractivity contribution is 6.09. The minimum Gasteiger partial charge on any atom is -0.349 e. The quantitative estimate of drug-likeness (QED) is 0.293. The van der Waals surface area contributed by atoms with Crippen LogP contribution in [0.1, 0.15) is 66.9 Å². The van der Waals surface area contributed by atoms with Gasteiger partial charge in [0, 0.05) is 29.4 Å². The average Bonchev–Trinajstić information content (AvgIpc) is 2.94. The monoisotopic (exact) mass is 477 g/mol. The van der Waals surface area contributed by atoms with E-state index in [1.165, 1.54) is 37.7 Å². The first kappa shape index (κ1) is 24.2. The number of amides is 1. The number of hydrogen-bond donors (Lipinski definition) is 1. The number of carbonyl (C=O) groups is 1. The summed E-state index contributed by atoms with van der Waals surface area (Å²) in [6.45, 7) is 2.18. The maximum atomic E-state index is 14.0. The van der Waals surface area contributed by atoms with Gasteiger partial charge < -0.3 is 5.32 Å². The number of fused-ring (bicyclic) bond motifs is 1. The number of carbonyl (C=O) groups excluding carboxylic acids is 1. The Morgan fingerprint density at radius 3 is 2.42 bits per heavy atom. The highest BCUT2D eigenvalue weighted by atomic mass is 16.1. The molecule has 1 aliphatic carbocycles. The standard InChI is InChI=1S/C32H35N3O/c1-23(25-12-4-2-5-13-25)34-32(36)30-27-16-8-9-18-29(27)35-31(26-14-6-3-7-15-26)28(30)17-10-11-24-19-21-33-22-20-24/h3,6-9,14-16,18-23,25H,2,4-5,10-13,17H2,1H3,(H,34,36). The number of nitrogens with one attached hydrogen (secondary N) is 1. The zero-order valence-electron chi connectivity index (χ0n) is 21.1. The Morgan fingerprint density at radius 2 is 1.64 bits per heavy atom. The van der Waals surface area contributed by atoms with Crippen LogP contribution in [0.25, 0.3) is 22.2 Å². The van der Waals surface area contributed by atoms with Crippen molar-refractivity contribution in [3.8, 4) is 11.3 Å². The first-order valence-corrected chi connectivity index (χ1v) is 13.4. The lowest BCUT2D eigenvalue weighted by atomic mass is 9.84. The molecule has 2 aromatic carbocycles. The highest BCUT2D eigenvalue weighted by Crippen LogP contribution is 2.32. The zero-order chi connectivity index (χ0) is 24.7. The van der Waals surface area contributed by atoms with Gasteiger partial charge in [0.25, 0.3) is 5.91 Å². The van der Waals surface area contributed by atoms with E-state index in [-0.39, 0.29) is 11.9 Å². The number of aromatic nitrogens is 2. The molecule has 0 bridgehead atoms. The second-order valence-corrected chi connectivity index (χ2v) is 10.1. The van der Waals surface area contributed by atoms with E-state index in [9.17, 15) is 4.79 Å². The van der Waals surface area contributed by atoms with Crippen LogP contribution in [0, 0.1) is 5.92 Å². The Hall–Kier alpha value is -3.53. The summed E-state index contributed by atoms with van der Waals surface area (Å²) < 4.78 is 0. The minimum atomic E-state index is 0.0303. The van der Waals surface area contributed by atoms with E-state index < -0.39 is 0 Å². The van der Waals surface area contributed by atoms with Gasteiger partial charge in [-0.1, -0.05) is 67.8 Å². The molecule has 0 radical (unpaired) electrons. The number of para-hydroxylation sites is 1. The molecule has 4 nitrogen and oxygen atoms in total. The van der Waals surface area contributed by atoms with Crippen molar-refractivity contribution in [2.45, 2.75) is 64.3 Å². The van der Waals surface area contributed by atoms with E-state index in [0.717, 1.165) is 52.5 Å². The van der Waals surface area contributed by atoms with Crippen LogP contribution < -0.4 is 5.32 Å². The lowest BCUT2D eigenvalue weighted by Crippen LogP contribution is -2.39. The smallest absolute Gasteiger partial charge is 0.252 e. The predicted molar refractivity (Wildman–Crippen MR) is 147 cm³/mol. The van der Waals surface area contributed by atoms with Gasteiger partial charge in [-0.3, -0.25) is 9.78 Å². The van der Waals surface area contributed by atoms with Gasteiger partial charge in [0.15, 0.2) is 0 Å². The Morgan fingerprint density at radius 1 is 0.917 bits per heavy atom. The summed E-state index contributed by atoms with van der Waals surface area (Å²) in [5.74, 6) is 0.585. The molecular weight excluding hydrogens is 442 g/mol. The Balaban J connectivity index is 1.54. The van der Waals surface area contributed by atoms with Gasteiger partial charge in [-0.25, -0.2) is 4.98 Å². The molecule has 1 aliphatic rings. The number of benzene rings is 2. The van der Waals surface area contributed by atoms with Gasteiger partial charge in [0.2, 0.25) is 0 Å². The fraction of sp³-hybridized carbons (Fsp3) is 0.344. The average molecular weight is 478 g/mol. The van der Waals surface area contributed by atoms with Crippen LogP contribution >= 0.6 is 0 Å². The first-order valence-electron chi connectivity index (χ1n) is 13.4. The van der Waals surface area contributed by atoms with E-state index in [0.29, 0.717) is 5.92 Å². The highest BCUT2D eigenvalue weighted by Gasteiger charge is 2.26. The van der Waals surface area contributed by atoms with Gasteiger partial charge >= 0.3 is 0 Å². The molecule has 1 saturated carbocycles. The van der Waals surface area contributed by atoms with Gasteiger partial charge in [0.05, 0.1) is 16.8 Å². The van der Waals surface area contributed by atoms with Crippen molar-refractivity contribution >= 4 is 16.8 Å². The molecule has 0 saturated heterocycles. The van der Waals surface area contributed by atoms with E-state index in [1.807, 2.05) is 54.9 Å². The summed E-state index contributed by atoms with van der Waals surface area (Å²) in [6.07, 6.45) is 12.6. The zero-order valence-corrected chi connectivity index (χ0v) is 21.1. The van der Waals surface area contributed by atoms with Crippen LogP contribution in [0.15, 0.2) is 79.1 Å². The van der Waals surface area contributed by atoms with Gasteiger partial charge in [-0.2, -0.15) is 0 Å². The molecule has 4 heteroatoms. The van der Waals surface area contributed by atoms with E-state index in [1.54, 1.807) is 0 Å². The fourth-order valence-electron chi connectivity index (χ4n) is 5.64. The minimum absolute atomic E-state index is 0.0303. The third-order valence-electron chi connectivity index (χ3n) is 7.62. The number of aryl methyl sites for hydroxylation is 1. The Labute approximate surface area is 214 Å². The molecule has 1 N–H and O–H groups in total. The molecule has 1 amide bonds. The van der Waals surface area contributed by atoms with Crippen LogP contribution in [0.4, 0.5) is 0 Å². The van der Waals surface area contributed by atoms with Crippen molar-refractivity contribution in [1.29, 1.82) is 0 Å². The van der Waals surface area contributed by atoms with Crippen LogP contribution in [-0.2, 0) is 12.8 Å². The molecule has 36 heavy (non-hydrogen) atoms. The largest absolute Gasteiger partial charge is 0.349 e. The molecular formula is C32H35N3O. The lowest BCUT2D eigenvalue weighted by Gasteiger charge is -2.29. The van der Waals surface area contributed by atoms with Crippen LogP contribution in [-0.4, -0.2) is 21.9 Å². The molecule has 2 heterocycles. The molecule has 1 atom stereocenters. The second-order valence-electron chi connectivity index (χ2n) is 10.1. The number of pyridine rings is 2. The summed E-state index contributed by atoms with van der Waals surface area (Å²) in [4.78, 5) is 23.2. The van der Waals surface area contributed by atoms with Crippen molar-refractivity contribution in [1.82, 2.24) is 15.3 Å². The van der Waals surface area contributed by atoms with Gasteiger partial charge in [0.1, 0.15) is 0 Å². The second kappa shape index (κ2) is 11.5. The molecule has 0 spiro atoms. The number of hydrogen-bond acceptors (Lipinski definition) is 3. The number of nitrogens with zero attached hydrogens (tertiary/aromatic N) is 2. The van der Waals surface area contributed by atoms with Crippen molar-refractivity contribution in [3.63, 3.8) is 0 Å². The van der Waals surface area contributed by atoms with Crippen molar-refractivity contribution in [3.05, 3.63) is 95.8 Å². The predicted octanol–water partition coefficient (Wildman–Crippen LogP) is 7.17. The summed E-state index contributed by atoms with van der Waals surface area (Å²) >= 11 is 0. The topological polar surface area (TPSA) is 54.9 Å². The third-order valence-corrected chi connectivity index (χ3v) is 7.62. The van der Waals surface area contributed by atoms with Crippen molar-refractivity contribution < 1.29 is 4.79 Å². The molecule has 1 unspecified atom stereocenters. The summed E-state index contributed by atoms with van der Waals surface area (Å²) in [5, 5.41) is 4.34. The van der Waals surface area contributed by atoms with E-state index >= 15 is 0 Å². The van der Waals surface area contributed by atoms with Crippen molar-refractivity contribution in [2.75, 3.05) is 0 Å². The first-order chi connectivity index (χ1) is 17.7. The molecule has 4 aromatic rings. The van der Waals surface area contributed by atoms with Crippen LogP contribution in [0.3, 0.4) is 0 Å². The molecule has 2 aromatic heterocycles. The van der Waals surface area contributed by atoms with E-state index in [4.69, 9.17) is 4.98 Å². The molecule has 0 aliphatic heterocycles. The lowest BCUT2D eigenvalue weighted by molar-refractivity contribution is 0.0920. The molecule has 184 valence electrons. The van der Waals surface area contributed by atoms with Crippen molar-refractivity contribution in [2.24, 2.45) is 5.92 Å². The third kappa shape index (κ3) is 5.48. The SMILES string of the molecule is CC(NC(=O)c1c(CCCc2ccncc2)c(-c2ccccc2)nc2ccccc12)C1CCCCC1. The Bertz CT molecular complexity index is 1300. The van der Waals surface area contributed by atoms with Crippen LogP contribution in [0.5, 0.6) is 0 Å². The normalized spacial score (nSPS) is 15.0. The Kier molecular flexibility index (Phi) is 7.70. The maximum absolute atomic E-state index is 14.0. The van der Waals surface area contributed by atoms with Gasteiger partial charge in [-0.15, -0.1) is 0 Å². The van der Waals surface area contributed by atoms with E-state index in [2.05, 4.69) is 41.5 Å². The number of rotatable bonds is 8. The summed E-state index contributed by atoms with van der Waals surface area (Å²) in [7, 11) is 0. The summed E-state index contributed by atoms with van der Waals surface area (Å²) in [5.41, 5.74) is 5.93. The molecule has 5 rings (SSSR count). The van der Waals surface area contributed by atoms with Crippen LogP contribution in [0.2, 0.25) is 0 Å². The van der Waals surface area contributed by atoms with Gasteiger partial charge in [-0.05, 0) is 74.3 Å². The molecule has 1 fully saturated rings. The fourth-order valence-corrected chi connectivity index (χ4v) is 5.64. The summed E-state index contributed by atoms with van der Waals surface area (Å²) in [6, 6.07) is 22.6. The maximum Gasteiger partial charge on any atom is 0.252 e.